The maximum absolute atomic E-state index is 12.7. The fraction of sp³-hybridized carbons (Fsp3) is 0.200. The molecule has 0 unspecified atom stereocenters. The minimum absolute atomic E-state index is 0.0512. The summed E-state index contributed by atoms with van der Waals surface area (Å²) in [5, 5.41) is 17.7. The number of benzene rings is 2. The molecule has 3 N–H and O–H groups in total. The van der Waals surface area contributed by atoms with Gasteiger partial charge in [0.05, 0.1) is 10.6 Å². The number of rotatable bonds is 6. The fourth-order valence-corrected chi connectivity index (χ4v) is 4.57. The van der Waals surface area contributed by atoms with E-state index in [0.29, 0.717) is 11.2 Å². The Morgan fingerprint density at radius 3 is 2.55 bits per heavy atom. The Hall–Kier alpha value is -3.17. The van der Waals surface area contributed by atoms with E-state index in [9.17, 15) is 18.3 Å². The Bertz CT molecular complexity index is 1310. The summed E-state index contributed by atoms with van der Waals surface area (Å²) in [5.74, 6) is -1.63. The summed E-state index contributed by atoms with van der Waals surface area (Å²) >= 11 is 0. The lowest BCUT2D eigenvalue weighted by molar-refractivity contribution is -0.140. The predicted octanol–water partition coefficient (Wildman–Crippen LogP) is 3.36. The Labute approximate surface area is 166 Å². The van der Waals surface area contributed by atoms with E-state index < -0.39 is 28.0 Å². The zero-order valence-electron chi connectivity index (χ0n) is 15.7. The van der Waals surface area contributed by atoms with E-state index in [1.807, 2.05) is 24.3 Å². The molecule has 0 aliphatic rings. The number of H-pyrrole nitrogens is 1. The van der Waals surface area contributed by atoms with Crippen LogP contribution in [-0.4, -0.2) is 35.7 Å². The number of furan rings is 1. The lowest BCUT2D eigenvalue weighted by atomic mass is 10.1. The van der Waals surface area contributed by atoms with E-state index >= 15 is 0 Å². The molecule has 0 amide bonds. The summed E-state index contributed by atoms with van der Waals surface area (Å²) in [6.07, 6.45) is 1.67. The largest absolute Gasteiger partial charge is 0.480 e. The van der Waals surface area contributed by atoms with Gasteiger partial charge in [0.1, 0.15) is 17.2 Å². The van der Waals surface area contributed by atoms with Gasteiger partial charge < -0.3 is 9.52 Å². The Morgan fingerprint density at radius 2 is 1.90 bits per heavy atom. The van der Waals surface area contributed by atoms with Gasteiger partial charge in [-0.2, -0.15) is 9.82 Å². The monoisotopic (exact) mass is 413 g/mol. The van der Waals surface area contributed by atoms with Gasteiger partial charge >= 0.3 is 5.97 Å². The van der Waals surface area contributed by atoms with Crippen molar-refractivity contribution in [3.05, 3.63) is 48.7 Å². The number of nitrogens with zero attached hydrogens (tertiary/aromatic N) is 1. The van der Waals surface area contributed by atoms with Crippen LogP contribution < -0.4 is 4.72 Å². The molecule has 4 rings (SSSR count). The van der Waals surface area contributed by atoms with Crippen LogP contribution in [0, 0.1) is 5.92 Å². The van der Waals surface area contributed by atoms with Crippen LogP contribution in [0.1, 0.15) is 13.8 Å². The molecule has 0 saturated heterocycles. The molecule has 8 nitrogen and oxygen atoms in total. The SMILES string of the molecule is CC(C)[C@H](NS(=O)(=O)c1ccc2c(c1)oc1ccc(-c3ccn[nH]3)cc12)C(=O)O. The summed E-state index contributed by atoms with van der Waals surface area (Å²) in [6, 6.07) is 10.8. The normalized spacial score (nSPS) is 13.3. The third kappa shape index (κ3) is 3.50. The highest BCUT2D eigenvalue weighted by atomic mass is 32.2. The number of aromatic amines is 1. The number of aliphatic carboxylic acids is 1. The highest BCUT2D eigenvalue weighted by Gasteiger charge is 2.28. The van der Waals surface area contributed by atoms with Gasteiger partial charge in [0.25, 0.3) is 0 Å². The van der Waals surface area contributed by atoms with Crippen LogP contribution in [-0.2, 0) is 14.8 Å². The zero-order chi connectivity index (χ0) is 20.8. The molecule has 0 fully saturated rings. The van der Waals surface area contributed by atoms with Crippen molar-refractivity contribution in [1.82, 2.24) is 14.9 Å². The first-order valence-corrected chi connectivity index (χ1v) is 10.5. The van der Waals surface area contributed by atoms with Gasteiger partial charge in [-0.1, -0.05) is 13.8 Å². The van der Waals surface area contributed by atoms with Crippen molar-refractivity contribution in [3.63, 3.8) is 0 Å². The highest BCUT2D eigenvalue weighted by Crippen LogP contribution is 2.33. The summed E-state index contributed by atoms with van der Waals surface area (Å²) < 4.78 is 33.5. The first kappa shape index (κ1) is 19.2. The van der Waals surface area contributed by atoms with E-state index in [1.165, 1.54) is 12.1 Å². The Kier molecular flexibility index (Phi) is 4.64. The molecule has 2 heterocycles. The van der Waals surface area contributed by atoms with Crippen molar-refractivity contribution in [1.29, 1.82) is 0 Å². The van der Waals surface area contributed by atoms with E-state index in [4.69, 9.17) is 4.42 Å². The quantitative estimate of drug-likeness (QED) is 0.445. The number of fused-ring (bicyclic) bond motifs is 3. The topological polar surface area (TPSA) is 125 Å². The molecule has 29 heavy (non-hydrogen) atoms. The maximum Gasteiger partial charge on any atom is 0.322 e. The number of aromatic nitrogens is 2. The van der Waals surface area contributed by atoms with E-state index in [2.05, 4.69) is 14.9 Å². The first-order chi connectivity index (χ1) is 13.8. The second kappa shape index (κ2) is 7.02. The van der Waals surface area contributed by atoms with Crippen LogP contribution in [0.25, 0.3) is 33.2 Å². The third-order valence-electron chi connectivity index (χ3n) is 4.78. The Balaban J connectivity index is 1.76. The van der Waals surface area contributed by atoms with Gasteiger partial charge in [0.15, 0.2) is 0 Å². The standard InChI is InChI=1S/C20H19N3O5S/c1-11(2)19(20(24)25)23-29(26,27)13-4-5-14-15-9-12(16-7-8-21-22-16)3-6-17(15)28-18(14)10-13/h3-11,19,23H,1-2H3,(H,21,22)(H,24,25)/t19-/m0/s1. The lowest BCUT2D eigenvalue weighted by Gasteiger charge is -2.17. The minimum atomic E-state index is -4.03. The molecule has 9 heteroatoms. The van der Waals surface area contributed by atoms with Gasteiger partial charge in [-0.25, -0.2) is 8.42 Å². The molecular weight excluding hydrogens is 394 g/mol. The van der Waals surface area contributed by atoms with Crippen molar-refractivity contribution >= 4 is 37.9 Å². The molecule has 0 aliphatic heterocycles. The van der Waals surface area contributed by atoms with Crippen LogP contribution in [0.4, 0.5) is 0 Å². The molecule has 0 bridgehead atoms. The number of carboxylic acid groups (broad SMARTS) is 1. The summed E-state index contributed by atoms with van der Waals surface area (Å²) in [7, 11) is -4.03. The highest BCUT2D eigenvalue weighted by molar-refractivity contribution is 7.89. The molecule has 1 atom stereocenters. The zero-order valence-corrected chi connectivity index (χ0v) is 16.5. The van der Waals surface area contributed by atoms with Crippen molar-refractivity contribution < 1.29 is 22.7 Å². The Morgan fingerprint density at radius 1 is 1.10 bits per heavy atom. The predicted molar refractivity (Wildman–Crippen MR) is 108 cm³/mol. The fourth-order valence-electron chi connectivity index (χ4n) is 3.22. The van der Waals surface area contributed by atoms with Crippen LogP contribution in [0.5, 0.6) is 0 Å². The van der Waals surface area contributed by atoms with Gasteiger partial charge in [-0.05, 0) is 42.3 Å². The lowest BCUT2D eigenvalue weighted by Crippen LogP contribution is -2.44. The average Bonchev–Trinajstić information content (AvgIpc) is 3.32. The van der Waals surface area contributed by atoms with Gasteiger partial charge in [-0.3, -0.25) is 9.89 Å². The first-order valence-electron chi connectivity index (χ1n) is 8.97. The molecule has 2 aromatic carbocycles. The van der Waals surface area contributed by atoms with Gasteiger partial charge in [0, 0.05) is 28.6 Å². The summed E-state index contributed by atoms with van der Waals surface area (Å²) in [4.78, 5) is 11.3. The molecule has 0 saturated carbocycles. The number of hydrogen-bond acceptors (Lipinski definition) is 5. The van der Waals surface area contributed by atoms with E-state index in [1.54, 1.807) is 26.1 Å². The average molecular weight is 413 g/mol. The molecule has 150 valence electrons. The number of nitrogens with one attached hydrogen (secondary N) is 2. The number of carbonyl (C=O) groups is 1. The van der Waals surface area contributed by atoms with E-state index in [-0.39, 0.29) is 4.90 Å². The molecule has 0 radical (unpaired) electrons. The van der Waals surface area contributed by atoms with Crippen molar-refractivity contribution in [2.45, 2.75) is 24.8 Å². The summed E-state index contributed by atoms with van der Waals surface area (Å²) in [6.45, 7) is 3.28. The molecule has 0 spiro atoms. The van der Waals surface area contributed by atoms with Crippen LogP contribution in [0.3, 0.4) is 0 Å². The van der Waals surface area contributed by atoms with Gasteiger partial charge in [-0.15, -0.1) is 0 Å². The number of carboxylic acids is 1. The number of hydrogen-bond donors (Lipinski definition) is 3. The maximum atomic E-state index is 12.7. The van der Waals surface area contributed by atoms with Gasteiger partial charge in [0.2, 0.25) is 10.0 Å². The smallest absolute Gasteiger partial charge is 0.322 e. The van der Waals surface area contributed by atoms with Crippen molar-refractivity contribution in [3.8, 4) is 11.3 Å². The second-order valence-electron chi connectivity index (χ2n) is 7.12. The minimum Gasteiger partial charge on any atom is -0.480 e. The van der Waals surface area contributed by atoms with Crippen LogP contribution >= 0.6 is 0 Å². The van der Waals surface area contributed by atoms with Crippen molar-refractivity contribution in [2.24, 2.45) is 5.92 Å². The molecular formula is C20H19N3O5S. The van der Waals surface area contributed by atoms with Crippen molar-refractivity contribution in [2.75, 3.05) is 0 Å². The molecule has 4 aromatic rings. The third-order valence-corrected chi connectivity index (χ3v) is 6.22. The second-order valence-corrected chi connectivity index (χ2v) is 8.84. The van der Waals surface area contributed by atoms with Crippen LogP contribution in [0.2, 0.25) is 0 Å². The number of sulfonamides is 1. The van der Waals surface area contributed by atoms with E-state index in [0.717, 1.165) is 22.0 Å². The molecule has 2 aromatic heterocycles. The van der Waals surface area contributed by atoms with Crippen LogP contribution in [0.15, 0.2) is 58.0 Å². The summed E-state index contributed by atoms with van der Waals surface area (Å²) in [5.41, 5.74) is 2.81. The molecule has 0 aliphatic carbocycles.